The van der Waals surface area contributed by atoms with Crippen LogP contribution in [-0.4, -0.2) is 48.3 Å². The number of hydrogen-bond donors (Lipinski definition) is 1. The average Bonchev–Trinajstić information content (AvgIpc) is 2.40. The lowest BCUT2D eigenvalue weighted by molar-refractivity contribution is -0.132. The number of hydrogen-bond acceptors (Lipinski definition) is 5. The molecule has 0 aliphatic carbocycles. The summed E-state index contributed by atoms with van der Waals surface area (Å²) in [5, 5.41) is 8.82. The van der Waals surface area contributed by atoms with Crippen LogP contribution in [0.25, 0.3) is 0 Å². The van der Waals surface area contributed by atoms with E-state index >= 15 is 0 Å². The van der Waals surface area contributed by atoms with Crippen LogP contribution in [0.5, 0.6) is 0 Å². The SMILES string of the molecule is CS(=O)(=O)C1=S(Cl)N(S(C)(=O)=O)C=C1C(=O)O. The summed E-state index contributed by atoms with van der Waals surface area (Å²) < 4.78 is 45.3. The molecule has 1 unspecified atom stereocenters. The molecule has 0 saturated heterocycles. The molecule has 0 spiro atoms. The molecule has 1 N–H and O–H groups in total. The van der Waals surface area contributed by atoms with Gasteiger partial charge in [-0.3, -0.25) is 0 Å². The average molecular weight is 322 g/mol. The van der Waals surface area contributed by atoms with E-state index in [1.165, 1.54) is 0 Å². The van der Waals surface area contributed by atoms with Crippen molar-refractivity contribution in [2.24, 2.45) is 0 Å². The van der Waals surface area contributed by atoms with E-state index in [4.69, 9.17) is 15.8 Å². The standard InChI is InChI=1S/C6H8ClNO6S3/c1-16(11,12)6-4(5(9)10)3-8(15(6)7)17(2,13)14/h3H,1-2H3,(H,9,10). The molecule has 0 aromatic carbocycles. The van der Waals surface area contributed by atoms with Crippen LogP contribution in [0.15, 0.2) is 11.8 Å². The van der Waals surface area contributed by atoms with Crippen LogP contribution < -0.4 is 0 Å². The van der Waals surface area contributed by atoms with Gasteiger partial charge in [0, 0.05) is 22.3 Å². The van der Waals surface area contributed by atoms with Gasteiger partial charge in [-0.2, -0.15) is 0 Å². The minimum Gasteiger partial charge on any atom is -0.478 e. The van der Waals surface area contributed by atoms with Gasteiger partial charge in [0.2, 0.25) is 10.0 Å². The molecule has 1 atom stereocenters. The molecule has 0 bridgehead atoms. The maximum atomic E-state index is 11.4. The first kappa shape index (κ1) is 14.5. The Morgan fingerprint density at radius 3 is 2.06 bits per heavy atom. The molecule has 7 nitrogen and oxygen atoms in total. The highest BCUT2D eigenvalue weighted by atomic mass is 35.7. The van der Waals surface area contributed by atoms with E-state index in [9.17, 15) is 21.6 Å². The van der Waals surface area contributed by atoms with E-state index in [0.717, 1.165) is 12.5 Å². The van der Waals surface area contributed by atoms with Crippen LogP contribution in [0.1, 0.15) is 0 Å². The minimum atomic E-state index is -3.90. The molecule has 11 heteroatoms. The van der Waals surface area contributed by atoms with Crippen molar-refractivity contribution in [2.45, 2.75) is 0 Å². The zero-order valence-corrected chi connectivity index (χ0v) is 11.8. The maximum absolute atomic E-state index is 11.4. The summed E-state index contributed by atoms with van der Waals surface area (Å²) in [6, 6.07) is 0. The lowest BCUT2D eigenvalue weighted by atomic mass is 10.3. The highest BCUT2D eigenvalue weighted by molar-refractivity contribution is 8.44. The van der Waals surface area contributed by atoms with Crippen molar-refractivity contribution in [3.05, 3.63) is 11.8 Å². The van der Waals surface area contributed by atoms with E-state index in [-0.39, 0.29) is 0 Å². The third-order valence-electron chi connectivity index (χ3n) is 1.66. The van der Waals surface area contributed by atoms with Gasteiger partial charge in [-0.25, -0.2) is 25.3 Å². The van der Waals surface area contributed by atoms with Crippen molar-refractivity contribution < 1.29 is 26.7 Å². The predicted octanol–water partition coefficient (Wildman–Crippen LogP) is -0.258. The molecule has 0 fully saturated rings. The van der Waals surface area contributed by atoms with Crippen molar-refractivity contribution in [3.8, 4) is 0 Å². The number of carboxylic acid groups (broad SMARTS) is 1. The van der Waals surface area contributed by atoms with Gasteiger partial charge in [-0.15, -0.1) is 0 Å². The summed E-state index contributed by atoms with van der Waals surface area (Å²) in [5.41, 5.74) is -0.628. The number of nitrogens with zero attached hydrogens (tertiary/aromatic N) is 1. The smallest absolute Gasteiger partial charge is 0.339 e. The first-order chi connectivity index (χ1) is 7.46. The van der Waals surface area contributed by atoms with Gasteiger partial charge in [-0.05, 0) is 10.7 Å². The summed E-state index contributed by atoms with van der Waals surface area (Å²) in [4.78, 5) is 10.8. The predicted molar refractivity (Wildman–Crippen MR) is 65.7 cm³/mol. The van der Waals surface area contributed by atoms with Crippen LogP contribution in [0.2, 0.25) is 0 Å². The molecule has 0 aromatic rings. The molecule has 1 aliphatic rings. The molecule has 17 heavy (non-hydrogen) atoms. The molecule has 1 heterocycles. The second-order valence-electron chi connectivity index (χ2n) is 3.16. The third-order valence-corrected chi connectivity index (χ3v) is 8.33. The van der Waals surface area contributed by atoms with Gasteiger partial charge >= 0.3 is 5.97 Å². The summed E-state index contributed by atoms with van der Waals surface area (Å²) in [5.74, 6) is -1.55. The first-order valence-electron chi connectivity index (χ1n) is 3.89. The highest BCUT2D eigenvalue weighted by Gasteiger charge is 2.36. The molecular weight excluding hydrogens is 314 g/mol. The lowest BCUT2D eigenvalue weighted by Gasteiger charge is -2.13. The third kappa shape index (κ3) is 2.81. The van der Waals surface area contributed by atoms with E-state index < -0.39 is 45.5 Å². The quantitative estimate of drug-likeness (QED) is 0.702. The molecule has 0 radical (unpaired) electrons. The van der Waals surface area contributed by atoms with Gasteiger partial charge in [0.15, 0.2) is 9.84 Å². The Morgan fingerprint density at radius 1 is 1.35 bits per heavy atom. The Labute approximate surface area is 105 Å². The Kier molecular flexibility index (Phi) is 3.63. The molecular formula is C6H8ClNO6S3. The van der Waals surface area contributed by atoms with E-state index in [1.807, 2.05) is 0 Å². The van der Waals surface area contributed by atoms with Crippen LogP contribution >= 0.6 is 20.6 Å². The fraction of sp³-hybridized carbons (Fsp3) is 0.333. The van der Waals surface area contributed by atoms with Gasteiger partial charge in [0.1, 0.15) is 9.77 Å². The monoisotopic (exact) mass is 321 g/mol. The van der Waals surface area contributed by atoms with Gasteiger partial charge < -0.3 is 5.11 Å². The van der Waals surface area contributed by atoms with E-state index in [2.05, 4.69) is 0 Å². The van der Waals surface area contributed by atoms with Crippen molar-refractivity contribution in [2.75, 3.05) is 12.5 Å². The number of sulfone groups is 1. The minimum absolute atomic E-state index is 0.522. The fourth-order valence-corrected chi connectivity index (χ4v) is 7.45. The van der Waals surface area contributed by atoms with Crippen molar-refractivity contribution in [3.63, 3.8) is 0 Å². The second-order valence-corrected chi connectivity index (χ2v) is 9.62. The number of rotatable bonds is 2. The van der Waals surface area contributed by atoms with Crippen LogP contribution in [0, 0.1) is 0 Å². The maximum Gasteiger partial charge on any atom is 0.339 e. The Balaban J connectivity index is 3.60. The van der Waals surface area contributed by atoms with Crippen molar-refractivity contribution in [1.29, 1.82) is 0 Å². The normalized spacial score (nSPS) is 21.6. The Hall–Kier alpha value is -0.580. The molecule has 0 aromatic heterocycles. The molecule has 0 saturated carbocycles. The summed E-state index contributed by atoms with van der Waals surface area (Å²) >= 11 is 0. The fourth-order valence-electron chi connectivity index (χ4n) is 1.06. The zero-order valence-electron chi connectivity index (χ0n) is 8.62. The van der Waals surface area contributed by atoms with Crippen LogP contribution in [0.3, 0.4) is 0 Å². The largest absolute Gasteiger partial charge is 0.478 e. The first-order valence-corrected chi connectivity index (χ1v) is 9.63. The lowest BCUT2D eigenvalue weighted by Crippen LogP contribution is -2.18. The topological polar surface area (TPSA) is 109 Å². The molecule has 1 rings (SSSR count). The number of halogens is 1. The zero-order chi connectivity index (χ0) is 13.6. The number of aliphatic carboxylic acids is 1. The number of sulfonamides is 1. The number of carbonyl (C=O) groups is 1. The van der Waals surface area contributed by atoms with Gasteiger partial charge in [-0.1, -0.05) is 0 Å². The Bertz CT molecular complexity index is 643. The highest BCUT2D eigenvalue weighted by Crippen LogP contribution is 2.39. The van der Waals surface area contributed by atoms with E-state index in [0.29, 0.717) is 9.91 Å². The molecule has 0 amide bonds. The summed E-state index contributed by atoms with van der Waals surface area (Å²) in [7, 11) is -3.89. The van der Waals surface area contributed by atoms with Crippen molar-refractivity contribution in [1.82, 2.24) is 3.71 Å². The van der Waals surface area contributed by atoms with Gasteiger partial charge in [0.25, 0.3) is 0 Å². The summed E-state index contributed by atoms with van der Waals surface area (Å²) in [6.45, 7) is 0. The van der Waals surface area contributed by atoms with Crippen molar-refractivity contribution >= 4 is 50.6 Å². The second kappa shape index (κ2) is 4.26. The Morgan fingerprint density at radius 2 is 1.82 bits per heavy atom. The number of carboxylic acids is 1. The summed E-state index contributed by atoms with van der Waals surface area (Å²) in [6.07, 6.45) is 2.29. The molecule has 98 valence electrons. The molecule has 1 aliphatic heterocycles. The van der Waals surface area contributed by atoms with E-state index in [1.54, 1.807) is 0 Å². The van der Waals surface area contributed by atoms with Crippen LogP contribution in [0.4, 0.5) is 0 Å². The van der Waals surface area contributed by atoms with Crippen LogP contribution in [-0.2, 0) is 24.7 Å². The van der Waals surface area contributed by atoms with Gasteiger partial charge in [0.05, 0.1) is 6.26 Å².